The monoisotopic (exact) mass is 197 g/mol. The standard InChI is InChI=1S/C13H27N/c1-4-7-8-9-10-11-14-12-13(5-2)6-3/h4,13-14H,1,5-12H2,2-3H3. The summed E-state index contributed by atoms with van der Waals surface area (Å²) < 4.78 is 0. The van der Waals surface area contributed by atoms with E-state index in [-0.39, 0.29) is 0 Å². The summed E-state index contributed by atoms with van der Waals surface area (Å²) in [7, 11) is 0. The van der Waals surface area contributed by atoms with Crippen molar-refractivity contribution in [3.05, 3.63) is 12.7 Å². The molecule has 0 aromatic carbocycles. The first kappa shape index (κ1) is 13.7. The van der Waals surface area contributed by atoms with Crippen LogP contribution in [0.15, 0.2) is 12.7 Å². The summed E-state index contributed by atoms with van der Waals surface area (Å²) in [5, 5.41) is 3.54. The highest BCUT2D eigenvalue weighted by Crippen LogP contribution is 2.05. The summed E-state index contributed by atoms with van der Waals surface area (Å²) >= 11 is 0. The molecule has 0 aliphatic rings. The van der Waals surface area contributed by atoms with Crippen LogP contribution in [0.3, 0.4) is 0 Å². The Balaban J connectivity index is 3.08. The van der Waals surface area contributed by atoms with Crippen LogP contribution in [-0.2, 0) is 0 Å². The van der Waals surface area contributed by atoms with Gasteiger partial charge in [-0.15, -0.1) is 6.58 Å². The van der Waals surface area contributed by atoms with Crippen molar-refractivity contribution in [1.82, 2.24) is 5.32 Å². The van der Waals surface area contributed by atoms with E-state index in [0.717, 1.165) is 5.92 Å². The van der Waals surface area contributed by atoms with E-state index in [1.807, 2.05) is 6.08 Å². The summed E-state index contributed by atoms with van der Waals surface area (Å²) in [6.07, 6.45) is 9.75. The third-order valence-electron chi connectivity index (χ3n) is 2.85. The zero-order valence-corrected chi connectivity index (χ0v) is 10.0. The Morgan fingerprint density at radius 3 is 2.43 bits per heavy atom. The van der Waals surface area contributed by atoms with E-state index in [2.05, 4.69) is 25.7 Å². The molecule has 0 aliphatic heterocycles. The molecule has 0 saturated carbocycles. The summed E-state index contributed by atoms with van der Waals surface area (Å²) in [6, 6.07) is 0. The average molecular weight is 197 g/mol. The third kappa shape index (κ3) is 8.31. The molecule has 0 unspecified atom stereocenters. The van der Waals surface area contributed by atoms with Gasteiger partial charge in [-0.3, -0.25) is 0 Å². The van der Waals surface area contributed by atoms with Crippen molar-refractivity contribution in [1.29, 1.82) is 0 Å². The molecule has 14 heavy (non-hydrogen) atoms. The van der Waals surface area contributed by atoms with Crippen LogP contribution in [0.25, 0.3) is 0 Å². The Morgan fingerprint density at radius 2 is 1.86 bits per heavy atom. The number of rotatable bonds is 10. The van der Waals surface area contributed by atoms with E-state index < -0.39 is 0 Å². The molecule has 0 radical (unpaired) electrons. The predicted molar refractivity (Wildman–Crippen MR) is 65.6 cm³/mol. The van der Waals surface area contributed by atoms with Gasteiger partial charge in [-0.05, 0) is 38.3 Å². The van der Waals surface area contributed by atoms with Gasteiger partial charge in [-0.25, -0.2) is 0 Å². The Labute approximate surface area is 90.0 Å². The van der Waals surface area contributed by atoms with Crippen molar-refractivity contribution < 1.29 is 0 Å². The van der Waals surface area contributed by atoms with Gasteiger partial charge in [0.1, 0.15) is 0 Å². The molecule has 1 nitrogen and oxygen atoms in total. The number of unbranched alkanes of at least 4 members (excludes halogenated alkanes) is 3. The average Bonchev–Trinajstić information content (AvgIpc) is 2.22. The predicted octanol–water partition coefficient (Wildman–Crippen LogP) is 3.76. The number of hydrogen-bond donors (Lipinski definition) is 1. The molecule has 84 valence electrons. The molecule has 0 rings (SSSR count). The minimum Gasteiger partial charge on any atom is -0.316 e. The molecule has 1 heteroatoms. The fourth-order valence-electron chi connectivity index (χ4n) is 1.60. The SMILES string of the molecule is C=CCCCCCNCC(CC)CC. The van der Waals surface area contributed by atoms with Crippen molar-refractivity contribution in [2.75, 3.05) is 13.1 Å². The largest absolute Gasteiger partial charge is 0.316 e. The smallest absolute Gasteiger partial charge is 0.00207 e. The first-order valence-corrected chi connectivity index (χ1v) is 6.16. The lowest BCUT2D eigenvalue weighted by Gasteiger charge is -2.12. The van der Waals surface area contributed by atoms with Crippen LogP contribution >= 0.6 is 0 Å². The van der Waals surface area contributed by atoms with Crippen molar-refractivity contribution in [2.45, 2.75) is 52.4 Å². The van der Waals surface area contributed by atoms with Crippen molar-refractivity contribution >= 4 is 0 Å². The second-order valence-electron chi connectivity index (χ2n) is 4.02. The maximum Gasteiger partial charge on any atom is -0.00207 e. The minimum atomic E-state index is 0.878. The van der Waals surface area contributed by atoms with E-state index in [0.29, 0.717) is 0 Å². The lowest BCUT2D eigenvalue weighted by molar-refractivity contribution is 0.445. The van der Waals surface area contributed by atoms with E-state index in [1.165, 1.54) is 51.6 Å². The lowest BCUT2D eigenvalue weighted by atomic mass is 10.0. The maximum absolute atomic E-state index is 3.72. The third-order valence-corrected chi connectivity index (χ3v) is 2.85. The molecule has 0 atom stereocenters. The minimum absolute atomic E-state index is 0.878. The highest BCUT2D eigenvalue weighted by Gasteiger charge is 2.00. The first-order chi connectivity index (χ1) is 6.85. The highest BCUT2D eigenvalue weighted by molar-refractivity contribution is 4.65. The molecule has 0 amide bonds. The molecule has 0 saturated heterocycles. The normalized spacial score (nSPS) is 10.8. The van der Waals surface area contributed by atoms with Crippen LogP contribution in [0, 0.1) is 5.92 Å². The fraction of sp³-hybridized carbons (Fsp3) is 0.846. The Morgan fingerprint density at radius 1 is 1.14 bits per heavy atom. The van der Waals surface area contributed by atoms with Crippen LogP contribution < -0.4 is 5.32 Å². The summed E-state index contributed by atoms with van der Waals surface area (Å²) in [4.78, 5) is 0. The van der Waals surface area contributed by atoms with Crippen molar-refractivity contribution in [3.8, 4) is 0 Å². The number of hydrogen-bond acceptors (Lipinski definition) is 1. The number of allylic oxidation sites excluding steroid dienone is 1. The second-order valence-corrected chi connectivity index (χ2v) is 4.02. The van der Waals surface area contributed by atoms with Crippen LogP contribution in [0.4, 0.5) is 0 Å². The Kier molecular flexibility index (Phi) is 10.5. The van der Waals surface area contributed by atoms with Crippen molar-refractivity contribution in [3.63, 3.8) is 0 Å². The molecule has 0 spiro atoms. The van der Waals surface area contributed by atoms with Gasteiger partial charge < -0.3 is 5.32 Å². The van der Waals surface area contributed by atoms with Gasteiger partial charge in [0.15, 0.2) is 0 Å². The van der Waals surface area contributed by atoms with Crippen LogP contribution in [0.2, 0.25) is 0 Å². The molecule has 0 aliphatic carbocycles. The van der Waals surface area contributed by atoms with E-state index in [1.54, 1.807) is 0 Å². The van der Waals surface area contributed by atoms with Crippen LogP contribution in [-0.4, -0.2) is 13.1 Å². The van der Waals surface area contributed by atoms with E-state index in [9.17, 15) is 0 Å². The highest BCUT2D eigenvalue weighted by atomic mass is 14.8. The van der Waals surface area contributed by atoms with E-state index >= 15 is 0 Å². The van der Waals surface area contributed by atoms with Gasteiger partial charge in [0.25, 0.3) is 0 Å². The van der Waals surface area contributed by atoms with Gasteiger partial charge >= 0.3 is 0 Å². The summed E-state index contributed by atoms with van der Waals surface area (Å²) in [5.41, 5.74) is 0. The summed E-state index contributed by atoms with van der Waals surface area (Å²) in [5.74, 6) is 0.878. The van der Waals surface area contributed by atoms with Crippen LogP contribution in [0.5, 0.6) is 0 Å². The Hall–Kier alpha value is -0.300. The van der Waals surface area contributed by atoms with Gasteiger partial charge in [0, 0.05) is 0 Å². The van der Waals surface area contributed by atoms with Crippen LogP contribution in [0.1, 0.15) is 52.4 Å². The molecule has 0 aromatic rings. The van der Waals surface area contributed by atoms with Gasteiger partial charge in [0.05, 0.1) is 0 Å². The van der Waals surface area contributed by atoms with Crippen molar-refractivity contribution in [2.24, 2.45) is 5.92 Å². The first-order valence-electron chi connectivity index (χ1n) is 6.16. The quantitative estimate of drug-likeness (QED) is 0.415. The molecule has 0 bridgehead atoms. The zero-order valence-electron chi connectivity index (χ0n) is 10.0. The molecular formula is C13H27N. The van der Waals surface area contributed by atoms with Gasteiger partial charge in [-0.1, -0.05) is 39.2 Å². The number of nitrogens with one attached hydrogen (secondary N) is 1. The van der Waals surface area contributed by atoms with Gasteiger partial charge in [0.2, 0.25) is 0 Å². The lowest BCUT2D eigenvalue weighted by Crippen LogP contribution is -2.23. The molecular weight excluding hydrogens is 170 g/mol. The molecule has 0 heterocycles. The topological polar surface area (TPSA) is 12.0 Å². The second kappa shape index (κ2) is 10.8. The summed E-state index contributed by atoms with van der Waals surface area (Å²) in [6.45, 7) is 10.7. The zero-order chi connectivity index (χ0) is 10.6. The maximum atomic E-state index is 3.72. The van der Waals surface area contributed by atoms with Gasteiger partial charge in [-0.2, -0.15) is 0 Å². The van der Waals surface area contributed by atoms with E-state index in [4.69, 9.17) is 0 Å². The molecule has 0 aromatic heterocycles. The fourth-order valence-corrected chi connectivity index (χ4v) is 1.60. The molecule has 0 fully saturated rings. The molecule has 1 N–H and O–H groups in total. The Bertz CT molecular complexity index is 116.